The molecular weight excluding hydrogens is 360 g/mol. The molecule has 1 saturated heterocycles. The molecule has 1 amide bonds. The molecule has 0 saturated carbocycles. The summed E-state index contributed by atoms with van der Waals surface area (Å²) in [5.74, 6) is 3.50. The van der Waals surface area contributed by atoms with Gasteiger partial charge in [-0.3, -0.25) is 4.79 Å². The molecule has 7 nitrogen and oxygen atoms in total. The molecule has 142 valence electrons. The number of likely N-dealkylation sites (tertiary alicyclic amines) is 1. The molecule has 1 aliphatic rings. The molecule has 0 unspecified atom stereocenters. The first-order chi connectivity index (χ1) is 13.1. The summed E-state index contributed by atoms with van der Waals surface area (Å²) in [6.45, 7) is 4.24. The topological polar surface area (TPSA) is 68.8 Å². The van der Waals surface area contributed by atoms with Crippen molar-refractivity contribution in [2.75, 3.05) is 13.1 Å². The molecule has 1 fully saturated rings. The summed E-state index contributed by atoms with van der Waals surface area (Å²) < 4.78 is 4.17. The van der Waals surface area contributed by atoms with Gasteiger partial charge >= 0.3 is 0 Å². The number of carbonyl (C=O) groups is 1. The van der Waals surface area contributed by atoms with E-state index in [1.165, 1.54) is 0 Å². The number of rotatable bonds is 5. The van der Waals surface area contributed by atoms with Gasteiger partial charge in [0.05, 0.1) is 13.0 Å². The molecule has 3 aromatic rings. The summed E-state index contributed by atoms with van der Waals surface area (Å²) >= 11 is 1.64. The van der Waals surface area contributed by atoms with Crippen LogP contribution in [0.2, 0.25) is 0 Å². The molecule has 0 N–H and O–H groups in total. The highest BCUT2D eigenvalue weighted by molar-refractivity contribution is 7.08. The standard InChI is InChI=1S/C19H24N6OS/c1-14-20-6-9-25(14)12-17-21-22-19(23(17)2)16-3-7-24(8-4-16)18(26)11-15-5-10-27-13-15/h5-6,9-10,13,16H,3-4,7-8,11-12H2,1-2H3. The number of hydrogen-bond donors (Lipinski definition) is 0. The molecule has 0 aromatic carbocycles. The lowest BCUT2D eigenvalue weighted by Crippen LogP contribution is -2.39. The molecule has 4 rings (SSSR count). The SMILES string of the molecule is Cc1nccn1Cc1nnc(C2CCN(C(=O)Cc3ccsc3)CC2)n1C. The van der Waals surface area contributed by atoms with E-state index in [-0.39, 0.29) is 5.91 Å². The van der Waals surface area contributed by atoms with Crippen LogP contribution in [0.25, 0.3) is 0 Å². The number of piperidine rings is 1. The molecule has 0 radical (unpaired) electrons. The minimum atomic E-state index is 0.223. The van der Waals surface area contributed by atoms with E-state index >= 15 is 0 Å². The Morgan fingerprint density at radius 2 is 2.11 bits per heavy atom. The van der Waals surface area contributed by atoms with Crippen molar-refractivity contribution in [3.05, 3.63) is 52.3 Å². The third-order valence-electron chi connectivity index (χ3n) is 5.38. The number of imidazole rings is 1. The highest BCUT2D eigenvalue weighted by Gasteiger charge is 2.27. The van der Waals surface area contributed by atoms with E-state index in [0.717, 1.165) is 49.0 Å². The van der Waals surface area contributed by atoms with Gasteiger partial charge in [0.25, 0.3) is 0 Å². The zero-order valence-electron chi connectivity index (χ0n) is 15.7. The van der Waals surface area contributed by atoms with Crippen LogP contribution in [-0.4, -0.2) is 48.2 Å². The summed E-state index contributed by atoms with van der Waals surface area (Å²) in [4.78, 5) is 18.7. The average Bonchev–Trinajstić information content (AvgIpc) is 3.40. The first-order valence-electron chi connectivity index (χ1n) is 9.26. The number of thiophene rings is 1. The van der Waals surface area contributed by atoms with Gasteiger partial charge in [-0.05, 0) is 42.2 Å². The van der Waals surface area contributed by atoms with Gasteiger partial charge in [-0.15, -0.1) is 10.2 Å². The first-order valence-corrected chi connectivity index (χ1v) is 10.2. The lowest BCUT2D eigenvalue weighted by Gasteiger charge is -2.31. The summed E-state index contributed by atoms with van der Waals surface area (Å²) in [6.07, 6.45) is 6.14. The first kappa shape index (κ1) is 17.9. The van der Waals surface area contributed by atoms with E-state index in [2.05, 4.69) is 24.3 Å². The average molecular weight is 385 g/mol. The summed E-state index contributed by atoms with van der Waals surface area (Å²) in [5, 5.41) is 12.9. The van der Waals surface area contributed by atoms with Crippen molar-refractivity contribution in [2.45, 2.75) is 38.6 Å². The van der Waals surface area contributed by atoms with Gasteiger partial charge in [-0.2, -0.15) is 11.3 Å². The van der Waals surface area contributed by atoms with Crippen molar-refractivity contribution in [3.63, 3.8) is 0 Å². The second-order valence-corrected chi connectivity index (χ2v) is 7.88. The van der Waals surface area contributed by atoms with Crippen molar-refractivity contribution < 1.29 is 4.79 Å². The van der Waals surface area contributed by atoms with Gasteiger partial charge in [0.15, 0.2) is 5.82 Å². The molecule has 8 heteroatoms. The highest BCUT2D eigenvalue weighted by atomic mass is 32.1. The smallest absolute Gasteiger partial charge is 0.227 e. The lowest BCUT2D eigenvalue weighted by molar-refractivity contribution is -0.131. The van der Waals surface area contributed by atoms with E-state index in [0.29, 0.717) is 18.9 Å². The predicted octanol–water partition coefficient (Wildman–Crippen LogP) is 2.38. The Morgan fingerprint density at radius 1 is 1.30 bits per heavy atom. The molecule has 3 aromatic heterocycles. The van der Waals surface area contributed by atoms with Gasteiger partial charge in [0.1, 0.15) is 11.6 Å². The number of aryl methyl sites for hydroxylation is 1. The van der Waals surface area contributed by atoms with Crippen molar-refractivity contribution in [2.24, 2.45) is 7.05 Å². The van der Waals surface area contributed by atoms with E-state index in [4.69, 9.17) is 0 Å². The van der Waals surface area contributed by atoms with Gasteiger partial charge in [-0.25, -0.2) is 4.98 Å². The third-order valence-corrected chi connectivity index (χ3v) is 6.11. The van der Waals surface area contributed by atoms with Crippen LogP contribution in [0, 0.1) is 6.92 Å². The highest BCUT2D eigenvalue weighted by Crippen LogP contribution is 2.27. The fourth-order valence-corrected chi connectivity index (χ4v) is 4.33. The zero-order valence-corrected chi connectivity index (χ0v) is 16.5. The van der Waals surface area contributed by atoms with Crippen molar-refractivity contribution in [1.82, 2.24) is 29.2 Å². The van der Waals surface area contributed by atoms with Crippen LogP contribution in [0.5, 0.6) is 0 Å². The fourth-order valence-electron chi connectivity index (χ4n) is 3.66. The monoisotopic (exact) mass is 384 g/mol. The van der Waals surface area contributed by atoms with Crippen molar-refractivity contribution in [1.29, 1.82) is 0 Å². The summed E-state index contributed by atoms with van der Waals surface area (Å²) in [5.41, 5.74) is 1.11. The van der Waals surface area contributed by atoms with E-state index in [1.54, 1.807) is 17.5 Å². The number of carbonyl (C=O) groups excluding carboxylic acids is 1. The Hall–Kier alpha value is -2.48. The maximum atomic E-state index is 12.5. The van der Waals surface area contributed by atoms with E-state index in [9.17, 15) is 4.79 Å². The quantitative estimate of drug-likeness (QED) is 0.677. The minimum Gasteiger partial charge on any atom is -0.342 e. The Morgan fingerprint density at radius 3 is 2.78 bits per heavy atom. The zero-order chi connectivity index (χ0) is 18.8. The fraction of sp³-hybridized carbons (Fsp3) is 0.474. The van der Waals surface area contributed by atoms with Crippen LogP contribution in [0.4, 0.5) is 0 Å². The van der Waals surface area contributed by atoms with Gasteiger partial charge in [0, 0.05) is 38.4 Å². The largest absolute Gasteiger partial charge is 0.342 e. The summed E-state index contributed by atoms with van der Waals surface area (Å²) in [6, 6.07) is 2.03. The predicted molar refractivity (Wildman–Crippen MR) is 104 cm³/mol. The maximum absolute atomic E-state index is 12.5. The van der Waals surface area contributed by atoms with Crippen molar-refractivity contribution in [3.8, 4) is 0 Å². The lowest BCUT2D eigenvalue weighted by atomic mass is 9.95. The number of amides is 1. The Kier molecular flexibility index (Phi) is 5.07. The van der Waals surface area contributed by atoms with Crippen molar-refractivity contribution >= 4 is 17.2 Å². The number of nitrogens with zero attached hydrogens (tertiary/aromatic N) is 6. The van der Waals surface area contributed by atoms with Crippen LogP contribution in [-0.2, 0) is 24.8 Å². The van der Waals surface area contributed by atoms with Gasteiger partial charge in [-0.1, -0.05) is 0 Å². The van der Waals surface area contributed by atoms with E-state index < -0.39 is 0 Å². The second-order valence-electron chi connectivity index (χ2n) is 7.10. The normalized spacial score (nSPS) is 15.4. The van der Waals surface area contributed by atoms with Gasteiger partial charge in [0.2, 0.25) is 5.91 Å². The molecule has 0 bridgehead atoms. The Bertz CT molecular complexity index is 905. The van der Waals surface area contributed by atoms with Crippen LogP contribution in [0.3, 0.4) is 0 Å². The summed E-state index contributed by atoms with van der Waals surface area (Å²) in [7, 11) is 2.03. The third kappa shape index (κ3) is 3.80. The molecule has 0 aliphatic carbocycles. The molecule has 4 heterocycles. The van der Waals surface area contributed by atoms with Gasteiger partial charge < -0.3 is 14.0 Å². The molecule has 27 heavy (non-hydrogen) atoms. The Balaban J connectivity index is 1.37. The van der Waals surface area contributed by atoms with Crippen LogP contribution in [0.15, 0.2) is 29.2 Å². The minimum absolute atomic E-state index is 0.223. The second kappa shape index (κ2) is 7.64. The maximum Gasteiger partial charge on any atom is 0.227 e. The van der Waals surface area contributed by atoms with Crippen LogP contribution >= 0.6 is 11.3 Å². The molecular formula is C19H24N6OS. The van der Waals surface area contributed by atoms with Crippen LogP contribution < -0.4 is 0 Å². The molecule has 1 aliphatic heterocycles. The van der Waals surface area contributed by atoms with Crippen LogP contribution in [0.1, 0.15) is 41.8 Å². The Labute approximate surface area is 162 Å². The number of hydrogen-bond acceptors (Lipinski definition) is 5. The molecule has 0 atom stereocenters. The number of aromatic nitrogens is 5. The van der Waals surface area contributed by atoms with E-state index in [1.807, 2.05) is 41.9 Å². The molecule has 0 spiro atoms.